The van der Waals surface area contributed by atoms with Crippen LogP contribution in [0.2, 0.25) is 0 Å². The van der Waals surface area contributed by atoms with Gasteiger partial charge in [-0.3, -0.25) is 0 Å². The molecule has 0 bridgehead atoms. The summed E-state index contributed by atoms with van der Waals surface area (Å²) < 4.78 is 54.4. The summed E-state index contributed by atoms with van der Waals surface area (Å²) >= 11 is 0. The van der Waals surface area contributed by atoms with Crippen LogP contribution in [0, 0.1) is 12.7 Å². The van der Waals surface area contributed by atoms with E-state index in [2.05, 4.69) is 24.9 Å². The quantitative estimate of drug-likeness (QED) is 0.417. The molecule has 1 fully saturated rings. The lowest BCUT2D eigenvalue weighted by molar-refractivity contribution is -0.158. The first-order chi connectivity index (χ1) is 16.4. The van der Waals surface area contributed by atoms with E-state index >= 15 is 0 Å². The number of hydrogen-bond donors (Lipinski definition) is 1. The van der Waals surface area contributed by atoms with Crippen LogP contribution in [0.4, 0.5) is 24.7 Å². The minimum absolute atomic E-state index is 0.274. The fraction of sp³-hybridized carbons (Fsp3) is 0.417. The van der Waals surface area contributed by atoms with Gasteiger partial charge in [-0.25, -0.2) is 14.4 Å². The number of hydrogen-bond acceptors (Lipinski definition) is 7. The molecule has 4 rings (SSSR count). The molecule has 34 heavy (non-hydrogen) atoms. The highest BCUT2D eigenvalue weighted by Crippen LogP contribution is 2.35. The average Bonchev–Trinajstić information content (AvgIpc) is 3.25. The van der Waals surface area contributed by atoms with Gasteiger partial charge < -0.3 is 24.4 Å². The van der Waals surface area contributed by atoms with Crippen LogP contribution in [0.5, 0.6) is 11.5 Å². The maximum atomic E-state index is 13.6. The van der Waals surface area contributed by atoms with Crippen molar-refractivity contribution >= 4 is 22.4 Å². The molecule has 1 aromatic heterocycles. The number of aromatic nitrogens is 2. The maximum Gasteiger partial charge on any atom is 0.345 e. The molecule has 2 heterocycles. The van der Waals surface area contributed by atoms with Gasteiger partial charge in [0.1, 0.15) is 18.0 Å². The summed E-state index contributed by atoms with van der Waals surface area (Å²) in [6.07, 6.45) is 2.35. The maximum absolute atomic E-state index is 13.6. The molecular weight excluding hydrogens is 449 g/mol. The van der Waals surface area contributed by atoms with E-state index in [1.54, 1.807) is 32.2 Å². The third kappa shape index (κ3) is 5.87. The van der Waals surface area contributed by atoms with Crippen molar-refractivity contribution in [1.29, 1.82) is 0 Å². The van der Waals surface area contributed by atoms with Gasteiger partial charge in [0.2, 0.25) is 0 Å². The molecule has 3 aromatic rings. The summed E-state index contributed by atoms with van der Waals surface area (Å²) in [5.74, 6) is 1.37. The number of methoxy groups -OCH3 is 1. The highest BCUT2D eigenvalue weighted by atomic mass is 19.3. The monoisotopic (exact) mass is 476 g/mol. The van der Waals surface area contributed by atoms with E-state index in [4.69, 9.17) is 9.47 Å². The highest BCUT2D eigenvalue weighted by Gasteiger charge is 2.25. The van der Waals surface area contributed by atoms with Crippen LogP contribution in [0.3, 0.4) is 0 Å². The Morgan fingerprint density at radius 1 is 1.18 bits per heavy atom. The summed E-state index contributed by atoms with van der Waals surface area (Å²) in [5.41, 5.74) is 1.90. The molecule has 1 saturated heterocycles. The van der Waals surface area contributed by atoms with Gasteiger partial charge in [0.25, 0.3) is 0 Å². The van der Waals surface area contributed by atoms with Gasteiger partial charge in [-0.05, 0) is 49.6 Å². The number of nitrogens with one attached hydrogen (secondary N) is 1. The van der Waals surface area contributed by atoms with E-state index in [9.17, 15) is 13.2 Å². The summed E-state index contributed by atoms with van der Waals surface area (Å²) in [4.78, 5) is 10.8. The van der Waals surface area contributed by atoms with E-state index in [1.807, 2.05) is 6.07 Å². The zero-order chi connectivity index (χ0) is 24.1. The van der Waals surface area contributed by atoms with E-state index in [0.717, 1.165) is 18.5 Å². The second kappa shape index (κ2) is 10.9. The minimum Gasteiger partial charge on any atom is -0.493 e. The SMILES string of the molecule is COc1cc2ncnc(Nc3ccc(F)c(C)c3)c2cc1OCCCN1CC[C@@H](OC(F)F)C1. The standard InChI is InChI=1S/C24H27F3N4O3/c1-15-10-16(4-5-19(15)25)30-23-18-11-22(21(32-2)12-20(18)28-14-29-23)33-9-3-7-31-8-6-17(13-31)34-24(26)27/h4-5,10-12,14,17,24H,3,6-9,13H2,1-2H3,(H,28,29,30)/t17-/m1/s1. The van der Waals surface area contributed by atoms with Gasteiger partial charge in [0, 0.05) is 36.8 Å². The van der Waals surface area contributed by atoms with Gasteiger partial charge >= 0.3 is 6.61 Å². The molecule has 0 unspecified atom stereocenters. The Kier molecular flexibility index (Phi) is 7.69. The number of rotatable bonds is 10. The third-order valence-corrected chi connectivity index (χ3v) is 5.74. The molecule has 0 radical (unpaired) electrons. The van der Waals surface area contributed by atoms with Crippen LogP contribution < -0.4 is 14.8 Å². The first-order valence-electron chi connectivity index (χ1n) is 11.1. The zero-order valence-corrected chi connectivity index (χ0v) is 19.1. The topological polar surface area (TPSA) is 68.7 Å². The molecule has 1 atom stereocenters. The van der Waals surface area contributed by atoms with Gasteiger partial charge in [-0.1, -0.05) is 0 Å². The molecule has 182 valence electrons. The lowest BCUT2D eigenvalue weighted by Crippen LogP contribution is -2.26. The van der Waals surface area contributed by atoms with Crippen molar-refractivity contribution in [3.05, 3.63) is 48.0 Å². The Morgan fingerprint density at radius 2 is 2.03 bits per heavy atom. The molecule has 10 heteroatoms. The summed E-state index contributed by atoms with van der Waals surface area (Å²) in [7, 11) is 1.56. The number of halogens is 3. The van der Waals surface area contributed by atoms with Crippen molar-refractivity contribution in [3.8, 4) is 11.5 Å². The van der Waals surface area contributed by atoms with Crippen LogP contribution in [0.1, 0.15) is 18.4 Å². The fourth-order valence-electron chi connectivity index (χ4n) is 4.02. The Balaban J connectivity index is 1.42. The van der Waals surface area contributed by atoms with Gasteiger partial charge in [-0.2, -0.15) is 8.78 Å². The molecular formula is C24H27F3N4O3. The summed E-state index contributed by atoms with van der Waals surface area (Å²) in [6.45, 7) is 1.34. The molecule has 1 N–H and O–H groups in total. The summed E-state index contributed by atoms with van der Waals surface area (Å²) in [6, 6.07) is 8.35. The number of benzene rings is 2. The zero-order valence-electron chi connectivity index (χ0n) is 19.1. The van der Waals surface area contributed by atoms with Gasteiger partial charge in [-0.15, -0.1) is 0 Å². The van der Waals surface area contributed by atoms with Crippen molar-refractivity contribution in [2.24, 2.45) is 0 Å². The van der Waals surface area contributed by atoms with Crippen molar-refractivity contribution in [3.63, 3.8) is 0 Å². The highest BCUT2D eigenvalue weighted by molar-refractivity contribution is 5.93. The molecule has 7 nitrogen and oxygen atoms in total. The molecule has 0 aliphatic carbocycles. The lowest BCUT2D eigenvalue weighted by Gasteiger charge is -2.17. The first kappa shape index (κ1) is 24.0. The average molecular weight is 476 g/mol. The number of ether oxygens (including phenoxy) is 3. The number of alkyl halides is 2. The van der Waals surface area contributed by atoms with Crippen LogP contribution in [-0.2, 0) is 4.74 Å². The third-order valence-electron chi connectivity index (χ3n) is 5.74. The first-order valence-corrected chi connectivity index (χ1v) is 11.1. The number of anilines is 2. The lowest BCUT2D eigenvalue weighted by atomic mass is 10.2. The molecule has 1 aliphatic heterocycles. The van der Waals surface area contributed by atoms with Crippen molar-refractivity contribution in [2.75, 3.05) is 38.7 Å². The van der Waals surface area contributed by atoms with Crippen molar-refractivity contribution in [2.45, 2.75) is 32.5 Å². The number of aryl methyl sites for hydroxylation is 1. The molecule has 1 aliphatic rings. The smallest absolute Gasteiger partial charge is 0.345 e. The number of fused-ring (bicyclic) bond motifs is 1. The molecule has 0 amide bonds. The number of nitrogens with zero attached hydrogens (tertiary/aromatic N) is 3. The van der Waals surface area contributed by atoms with Crippen LogP contribution in [-0.4, -0.2) is 60.9 Å². The molecule has 2 aromatic carbocycles. The summed E-state index contributed by atoms with van der Waals surface area (Å²) in [5, 5.41) is 3.94. The van der Waals surface area contributed by atoms with E-state index < -0.39 is 12.7 Å². The van der Waals surface area contributed by atoms with Crippen LogP contribution in [0.25, 0.3) is 10.9 Å². The fourth-order valence-corrected chi connectivity index (χ4v) is 4.02. The van der Waals surface area contributed by atoms with Crippen LogP contribution in [0.15, 0.2) is 36.7 Å². The van der Waals surface area contributed by atoms with E-state index in [-0.39, 0.29) is 5.82 Å². The Hall–Kier alpha value is -3.11. The van der Waals surface area contributed by atoms with E-state index in [0.29, 0.717) is 60.1 Å². The van der Waals surface area contributed by atoms with Gasteiger partial charge in [0.15, 0.2) is 11.5 Å². The second-order valence-electron chi connectivity index (χ2n) is 8.14. The van der Waals surface area contributed by atoms with Gasteiger partial charge in [0.05, 0.1) is 25.3 Å². The second-order valence-corrected chi connectivity index (χ2v) is 8.14. The minimum atomic E-state index is -2.73. The Morgan fingerprint density at radius 3 is 2.79 bits per heavy atom. The Bertz CT molecular complexity index is 1130. The molecule has 0 spiro atoms. The largest absolute Gasteiger partial charge is 0.493 e. The van der Waals surface area contributed by atoms with Crippen molar-refractivity contribution < 1.29 is 27.4 Å². The Labute approximate surface area is 195 Å². The predicted octanol–water partition coefficient (Wildman–Crippen LogP) is 4.91. The normalized spacial score (nSPS) is 16.4. The van der Waals surface area contributed by atoms with Crippen LogP contribution >= 0.6 is 0 Å². The van der Waals surface area contributed by atoms with Crippen molar-refractivity contribution in [1.82, 2.24) is 14.9 Å². The van der Waals surface area contributed by atoms with E-state index in [1.165, 1.54) is 12.4 Å². The number of likely N-dealkylation sites (tertiary alicyclic amines) is 1. The predicted molar refractivity (Wildman–Crippen MR) is 123 cm³/mol. The molecule has 0 saturated carbocycles.